The molecular formula is C22H26N6O. The van der Waals surface area contributed by atoms with Crippen LogP contribution >= 0.6 is 0 Å². The molecule has 1 aliphatic rings. The largest absolute Gasteiger partial charge is 0.355 e. The van der Waals surface area contributed by atoms with Crippen molar-refractivity contribution in [2.75, 3.05) is 32.1 Å². The first kappa shape index (κ1) is 19.1. The van der Waals surface area contributed by atoms with Gasteiger partial charge in [-0.3, -0.25) is 9.78 Å². The lowest BCUT2D eigenvalue weighted by atomic mass is 9.96. The van der Waals surface area contributed by atoms with Crippen molar-refractivity contribution in [1.29, 1.82) is 0 Å². The molecule has 1 fully saturated rings. The van der Waals surface area contributed by atoms with Gasteiger partial charge in [-0.15, -0.1) is 0 Å². The Balaban J connectivity index is 1.57. The van der Waals surface area contributed by atoms with Gasteiger partial charge in [-0.2, -0.15) is 0 Å². The molecule has 0 saturated carbocycles. The summed E-state index contributed by atoms with van der Waals surface area (Å²) in [6, 6.07) is 9.64. The average Bonchev–Trinajstić information content (AvgIpc) is 3.22. The summed E-state index contributed by atoms with van der Waals surface area (Å²) in [4.78, 5) is 30.1. The summed E-state index contributed by atoms with van der Waals surface area (Å²) in [5.41, 5.74) is 1.66. The van der Waals surface area contributed by atoms with E-state index in [1.54, 1.807) is 25.2 Å². The number of imidazole rings is 1. The van der Waals surface area contributed by atoms with Crippen molar-refractivity contribution in [3.63, 3.8) is 0 Å². The van der Waals surface area contributed by atoms with Gasteiger partial charge in [-0.05, 0) is 37.1 Å². The number of hydrogen-bond acceptors (Lipinski definition) is 5. The summed E-state index contributed by atoms with van der Waals surface area (Å²) in [7, 11) is 3.54. The van der Waals surface area contributed by atoms with Crippen molar-refractivity contribution in [3.8, 4) is 0 Å². The second-order valence-corrected chi connectivity index (χ2v) is 7.59. The number of hydrogen-bond donors (Lipinski definition) is 0. The highest BCUT2D eigenvalue weighted by molar-refractivity contribution is 5.98. The van der Waals surface area contributed by atoms with Gasteiger partial charge in [0.2, 0.25) is 0 Å². The third kappa shape index (κ3) is 4.13. The van der Waals surface area contributed by atoms with Crippen LogP contribution in [-0.4, -0.2) is 57.5 Å². The Morgan fingerprint density at radius 1 is 1.10 bits per heavy atom. The number of pyridine rings is 2. The number of amides is 1. The number of aromatic nitrogens is 4. The fraction of sp³-hybridized carbons (Fsp3) is 0.364. The second kappa shape index (κ2) is 8.43. The van der Waals surface area contributed by atoms with E-state index in [0.29, 0.717) is 12.1 Å². The van der Waals surface area contributed by atoms with Gasteiger partial charge >= 0.3 is 0 Å². The zero-order chi connectivity index (χ0) is 20.2. The second-order valence-electron chi connectivity index (χ2n) is 7.59. The molecule has 0 aliphatic carbocycles. The van der Waals surface area contributed by atoms with Crippen LogP contribution in [0.1, 0.15) is 40.6 Å². The Morgan fingerprint density at radius 3 is 2.76 bits per heavy atom. The minimum Gasteiger partial charge on any atom is -0.355 e. The molecule has 1 atom stereocenters. The summed E-state index contributed by atoms with van der Waals surface area (Å²) >= 11 is 0. The first-order chi connectivity index (χ1) is 14.1. The van der Waals surface area contributed by atoms with E-state index in [1.807, 2.05) is 48.9 Å². The highest BCUT2D eigenvalue weighted by Crippen LogP contribution is 2.30. The van der Waals surface area contributed by atoms with Crippen LogP contribution in [0.15, 0.2) is 55.1 Å². The minimum absolute atomic E-state index is 0.0214. The molecule has 0 aromatic carbocycles. The standard InChI is InChI=1S/C22H26N6O/c1-26(2)22(29)19-9-5-11-24-21(19)27-13-6-7-17(15-27)20-25-12-14-28(20)16-18-8-3-4-10-23-18/h3-5,8-12,14,17H,6-7,13,15-16H2,1-2H3/t17-/m0/s1. The molecule has 0 unspecified atom stereocenters. The van der Waals surface area contributed by atoms with Crippen molar-refractivity contribution < 1.29 is 4.79 Å². The summed E-state index contributed by atoms with van der Waals surface area (Å²) < 4.78 is 2.18. The third-order valence-corrected chi connectivity index (χ3v) is 5.32. The number of carbonyl (C=O) groups is 1. The molecular weight excluding hydrogens is 364 g/mol. The average molecular weight is 390 g/mol. The normalized spacial score (nSPS) is 16.6. The van der Waals surface area contributed by atoms with Crippen LogP contribution in [0.25, 0.3) is 0 Å². The summed E-state index contributed by atoms with van der Waals surface area (Å²) in [5, 5.41) is 0. The molecule has 3 aromatic heterocycles. The number of carbonyl (C=O) groups excluding carboxylic acids is 1. The van der Waals surface area contributed by atoms with Crippen LogP contribution in [0.3, 0.4) is 0 Å². The van der Waals surface area contributed by atoms with Crippen LogP contribution in [0.2, 0.25) is 0 Å². The minimum atomic E-state index is -0.0214. The van der Waals surface area contributed by atoms with Gasteiger partial charge in [0.25, 0.3) is 5.91 Å². The first-order valence-electron chi connectivity index (χ1n) is 9.96. The van der Waals surface area contributed by atoms with Gasteiger partial charge in [-0.1, -0.05) is 6.07 Å². The fourth-order valence-corrected chi connectivity index (χ4v) is 3.92. The van der Waals surface area contributed by atoms with E-state index in [-0.39, 0.29) is 11.8 Å². The highest BCUT2D eigenvalue weighted by Gasteiger charge is 2.28. The number of nitrogens with zero attached hydrogens (tertiary/aromatic N) is 6. The fourth-order valence-electron chi connectivity index (χ4n) is 3.92. The predicted molar refractivity (Wildman–Crippen MR) is 112 cm³/mol. The van der Waals surface area contributed by atoms with Gasteiger partial charge in [0.05, 0.1) is 17.8 Å². The highest BCUT2D eigenvalue weighted by atomic mass is 16.2. The summed E-state index contributed by atoms with van der Waals surface area (Å²) in [6.45, 7) is 2.40. The topological polar surface area (TPSA) is 67.2 Å². The van der Waals surface area contributed by atoms with E-state index in [9.17, 15) is 4.79 Å². The van der Waals surface area contributed by atoms with E-state index in [0.717, 1.165) is 43.3 Å². The molecule has 1 saturated heterocycles. The maximum absolute atomic E-state index is 12.6. The Morgan fingerprint density at radius 2 is 1.97 bits per heavy atom. The number of anilines is 1. The molecule has 3 aromatic rings. The maximum atomic E-state index is 12.6. The zero-order valence-electron chi connectivity index (χ0n) is 16.9. The van der Waals surface area contributed by atoms with E-state index in [4.69, 9.17) is 0 Å². The maximum Gasteiger partial charge on any atom is 0.257 e. The Labute approximate surface area is 171 Å². The SMILES string of the molecule is CN(C)C(=O)c1cccnc1N1CCC[C@H](c2nccn2Cc2ccccn2)C1. The molecule has 7 nitrogen and oxygen atoms in total. The number of piperidine rings is 1. The predicted octanol–water partition coefficient (Wildman–Crippen LogP) is 2.81. The molecule has 4 heterocycles. The molecule has 7 heteroatoms. The van der Waals surface area contributed by atoms with Crippen molar-refractivity contribution in [3.05, 3.63) is 72.2 Å². The lowest BCUT2D eigenvalue weighted by Gasteiger charge is -2.34. The molecule has 1 amide bonds. The molecule has 29 heavy (non-hydrogen) atoms. The summed E-state index contributed by atoms with van der Waals surface area (Å²) in [5.74, 6) is 2.09. The van der Waals surface area contributed by atoms with E-state index in [2.05, 4.69) is 24.4 Å². The van der Waals surface area contributed by atoms with Crippen LogP contribution in [-0.2, 0) is 6.54 Å². The van der Waals surface area contributed by atoms with Crippen molar-refractivity contribution >= 4 is 11.7 Å². The van der Waals surface area contributed by atoms with Crippen LogP contribution < -0.4 is 4.90 Å². The van der Waals surface area contributed by atoms with Gasteiger partial charge < -0.3 is 14.4 Å². The third-order valence-electron chi connectivity index (χ3n) is 5.32. The first-order valence-corrected chi connectivity index (χ1v) is 9.96. The lowest BCUT2D eigenvalue weighted by molar-refractivity contribution is 0.0827. The van der Waals surface area contributed by atoms with Gasteiger partial charge in [0.15, 0.2) is 0 Å². The molecule has 1 aliphatic heterocycles. The molecule has 0 spiro atoms. The van der Waals surface area contributed by atoms with E-state index < -0.39 is 0 Å². The lowest BCUT2D eigenvalue weighted by Crippen LogP contribution is -2.37. The Kier molecular flexibility index (Phi) is 5.55. The summed E-state index contributed by atoms with van der Waals surface area (Å²) in [6.07, 6.45) is 9.56. The van der Waals surface area contributed by atoms with Crippen LogP contribution in [0, 0.1) is 0 Å². The molecule has 4 rings (SSSR count). The Hall–Kier alpha value is -3.22. The molecule has 0 radical (unpaired) electrons. The van der Waals surface area contributed by atoms with Gasteiger partial charge in [-0.25, -0.2) is 9.97 Å². The molecule has 0 bridgehead atoms. The van der Waals surface area contributed by atoms with Crippen LogP contribution in [0.4, 0.5) is 5.82 Å². The van der Waals surface area contributed by atoms with Crippen molar-refractivity contribution in [2.24, 2.45) is 0 Å². The number of rotatable bonds is 5. The van der Waals surface area contributed by atoms with Crippen molar-refractivity contribution in [2.45, 2.75) is 25.3 Å². The Bertz CT molecular complexity index is 968. The van der Waals surface area contributed by atoms with E-state index >= 15 is 0 Å². The molecule has 150 valence electrons. The quantitative estimate of drug-likeness (QED) is 0.670. The molecule has 0 N–H and O–H groups in total. The van der Waals surface area contributed by atoms with E-state index in [1.165, 1.54) is 0 Å². The monoisotopic (exact) mass is 390 g/mol. The van der Waals surface area contributed by atoms with Crippen molar-refractivity contribution in [1.82, 2.24) is 24.4 Å². The van der Waals surface area contributed by atoms with Crippen LogP contribution in [0.5, 0.6) is 0 Å². The van der Waals surface area contributed by atoms with Gasteiger partial charge in [0, 0.05) is 57.9 Å². The van der Waals surface area contributed by atoms with Gasteiger partial charge in [0.1, 0.15) is 11.6 Å². The zero-order valence-corrected chi connectivity index (χ0v) is 16.9. The smallest absolute Gasteiger partial charge is 0.257 e.